The lowest BCUT2D eigenvalue weighted by molar-refractivity contribution is -0.899. The van der Waals surface area contributed by atoms with E-state index in [9.17, 15) is 4.79 Å². The number of hydrogen-bond acceptors (Lipinski definition) is 6. The Bertz CT molecular complexity index is 375. The normalized spacial score (nSPS) is 16.8. The molecule has 0 atom stereocenters. The number of rotatable bonds is 4. The van der Waals surface area contributed by atoms with Crippen LogP contribution < -0.4 is 15.0 Å². The Morgan fingerprint density at radius 3 is 2.94 bits per heavy atom. The van der Waals surface area contributed by atoms with Crippen molar-refractivity contribution in [2.75, 3.05) is 45.3 Å². The Hall–Kier alpha value is -1.67. The predicted molar refractivity (Wildman–Crippen MR) is 55.9 cm³/mol. The van der Waals surface area contributed by atoms with E-state index in [1.54, 1.807) is 0 Å². The average molecular weight is 243 g/mol. The third-order valence-electron chi connectivity index (χ3n) is 2.52. The maximum absolute atomic E-state index is 11.7. The molecule has 2 heterocycles. The molecule has 2 N–H and O–H groups in total. The fourth-order valence-electron chi connectivity index (χ4n) is 1.63. The van der Waals surface area contributed by atoms with Crippen LogP contribution in [0.1, 0.15) is 0 Å². The number of morpholine rings is 1. The summed E-state index contributed by atoms with van der Waals surface area (Å²) in [5, 5.41) is 9.62. The standard InChI is InChI=1S/C9H14N4O4/c1-15-9-8(11-17-12-9)10-7(14)6-13-2-4-16-5-3-13/h2-6H2,1H3,(H,10,11,14)/p+1. The summed E-state index contributed by atoms with van der Waals surface area (Å²) in [4.78, 5) is 12.9. The van der Waals surface area contributed by atoms with Crippen molar-refractivity contribution in [1.29, 1.82) is 0 Å². The van der Waals surface area contributed by atoms with Crippen LogP contribution >= 0.6 is 0 Å². The van der Waals surface area contributed by atoms with Crippen molar-refractivity contribution in [2.24, 2.45) is 0 Å². The van der Waals surface area contributed by atoms with Crippen molar-refractivity contribution in [3.63, 3.8) is 0 Å². The summed E-state index contributed by atoms with van der Waals surface area (Å²) in [7, 11) is 1.43. The first kappa shape index (κ1) is 11.8. The lowest BCUT2D eigenvalue weighted by Crippen LogP contribution is -3.15. The topological polar surface area (TPSA) is 90.9 Å². The number of anilines is 1. The summed E-state index contributed by atoms with van der Waals surface area (Å²) in [5.74, 6) is 0.247. The van der Waals surface area contributed by atoms with E-state index < -0.39 is 0 Å². The molecule has 2 rings (SSSR count). The van der Waals surface area contributed by atoms with E-state index in [1.165, 1.54) is 12.0 Å². The summed E-state index contributed by atoms with van der Waals surface area (Å²) < 4.78 is 14.5. The van der Waals surface area contributed by atoms with E-state index in [-0.39, 0.29) is 17.6 Å². The second kappa shape index (κ2) is 5.60. The van der Waals surface area contributed by atoms with Gasteiger partial charge in [-0.25, -0.2) is 4.63 Å². The molecule has 1 saturated heterocycles. The molecular formula is C9H15N4O4+. The predicted octanol–water partition coefficient (Wildman–Crippen LogP) is -2.07. The highest BCUT2D eigenvalue weighted by Crippen LogP contribution is 2.16. The van der Waals surface area contributed by atoms with Crippen LogP contribution in [-0.2, 0) is 9.53 Å². The molecule has 1 fully saturated rings. The third kappa shape index (κ3) is 3.14. The lowest BCUT2D eigenvalue weighted by Gasteiger charge is -2.22. The number of methoxy groups -OCH3 is 1. The van der Waals surface area contributed by atoms with Gasteiger partial charge in [0, 0.05) is 0 Å². The van der Waals surface area contributed by atoms with Crippen molar-refractivity contribution in [2.45, 2.75) is 0 Å². The highest BCUT2D eigenvalue weighted by Gasteiger charge is 2.20. The lowest BCUT2D eigenvalue weighted by atomic mass is 10.4. The van der Waals surface area contributed by atoms with Gasteiger partial charge in [0.05, 0.1) is 20.3 Å². The first-order chi connectivity index (χ1) is 8.29. The van der Waals surface area contributed by atoms with Crippen LogP contribution in [0.5, 0.6) is 5.88 Å². The van der Waals surface area contributed by atoms with Crippen LogP contribution in [0.4, 0.5) is 5.82 Å². The molecule has 0 spiro atoms. The van der Waals surface area contributed by atoms with Gasteiger partial charge in [-0.2, -0.15) is 0 Å². The fourth-order valence-corrected chi connectivity index (χ4v) is 1.63. The molecule has 0 aliphatic carbocycles. The molecular weight excluding hydrogens is 228 g/mol. The van der Waals surface area contributed by atoms with Crippen LogP contribution in [-0.4, -0.2) is 56.2 Å². The molecule has 17 heavy (non-hydrogen) atoms. The largest absolute Gasteiger partial charge is 0.476 e. The van der Waals surface area contributed by atoms with E-state index in [2.05, 4.69) is 20.3 Å². The Morgan fingerprint density at radius 1 is 1.47 bits per heavy atom. The zero-order chi connectivity index (χ0) is 12.1. The number of aromatic nitrogens is 2. The van der Waals surface area contributed by atoms with Crippen molar-refractivity contribution < 1.29 is 23.8 Å². The van der Waals surface area contributed by atoms with E-state index in [0.29, 0.717) is 19.8 Å². The van der Waals surface area contributed by atoms with Gasteiger partial charge < -0.3 is 14.4 Å². The number of carbonyl (C=O) groups is 1. The van der Waals surface area contributed by atoms with Crippen LogP contribution in [0.2, 0.25) is 0 Å². The number of hydrogen-bond donors (Lipinski definition) is 2. The van der Waals surface area contributed by atoms with Gasteiger partial charge in [0.1, 0.15) is 13.1 Å². The van der Waals surface area contributed by atoms with Crippen LogP contribution in [0.25, 0.3) is 0 Å². The molecule has 1 aromatic rings. The van der Waals surface area contributed by atoms with Crippen LogP contribution in [0.15, 0.2) is 4.63 Å². The number of quaternary nitrogens is 1. The monoisotopic (exact) mass is 243 g/mol. The maximum Gasteiger partial charge on any atom is 0.300 e. The van der Waals surface area contributed by atoms with Gasteiger partial charge in [-0.05, 0) is 10.3 Å². The molecule has 1 amide bonds. The minimum Gasteiger partial charge on any atom is -0.476 e. The van der Waals surface area contributed by atoms with Gasteiger partial charge in [-0.3, -0.25) is 10.1 Å². The number of amides is 1. The van der Waals surface area contributed by atoms with Crippen molar-refractivity contribution in [1.82, 2.24) is 10.3 Å². The summed E-state index contributed by atoms with van der Waals surface area (Å²) in [6.45, 7) is 3.43. The molecule has 0 unspecified atom stereocenters. The number of carbonyl (C=O) groups excluding carboxylic acids is 1. The van der Waals surface area contributed by atoms with Gasteiger partial charge in [0.15, 0.2) is 6.54 Å². The van der Waals surface area contributed by atoms with E-state index in [0.717, 1.165) is 13.1 Å². The molecule has 8 nitrogen and oxygen atoms in total. The van der Waals surface area contributed by atoms with Crippen LogP contribution in [0, 0.1) is 0 Å². The highest BCUT2D eigenvalue weighted by atomic mass is 16.6. The van der Waals surface area contributed by atoms with Gasteiger partial charge >= 0.3 is 5.88 Å². The van der Waals surface area contributed by atoms with Crippen LogP contribution in [0.3, 0.4) is 0 Å². The molecule has 0 radical (unpaired) electrons. The molecule has 1 aliphatic rings. The van der Waals surface area contributed by atoms with Crippen molar-refractivity contribution in [3.8, 4) is 5.88 Å². The maximum atomic E-state index is 11.7. The average Bonchev–Trinajstić information content (AvgIpc) is 2.77. The van der Waals surface area contributed by atoms with Gasteiger partial charge in [-0.1, -0.05) is 0 Å². The Balaban J connectivity index is 1.84. The van der Waals surface area contributed by atoms with E-state index in [4.69, 9.17) is 9.47 Å². The quantitative estimate of drug-likeness (QED) is 0.631. The zero-order valence-electron chi connectivity index (χ0n) is 9.56. The van der Waals surface area contributed by atoms with Crippen molar-refractivity contribution >= 4 is 11.7 Å². The van der Waals surface area contributed by atoms with Gasteiger partial charge in [0.2, 0.25) is 5.82 Å². The zero-order valence-corrected chi connectivity index (χ0v) is 9.56. The second-order valence-electron chi connectivity index (χ2n) is 3.71. The molecule has 0 saturated carbocycles. The van der Waals surface area contributed by atoms with Crippen molar-refractivity contribution in [3.05, 3.63) is 0 Å². The second-order valence-corrected chi connectivity index (χ2v) is 3.71. The number of nitrogens with zero attached hydrogens (tertiary/aromatic N) is 2. The van der Waals surface area contributed by atoms with E-state index >= 15 is 0 Å². The molecule has 0 bridgehead atoms. The number of ether oxygens (including phenoxy) is 2. The Labute approximate surface area is 97.8 Å². The summed E-state index contributed by atoms with van der Waals surface area (Å²) in [6, 6.07) is 0. The summed E-state index contributed by atoms with van der Waals surface area (Å²) in [6.07, 6.45) is 0. The molecule has 1 aromatic heterocycles. The smallest absolute Gasteiger partial charge is 0.300 e. The molecule has 94 valence electrons. The first-order valence-corrected chi connectivity index (χ1v) is 5.37. The van der Waals surface area contributed by atoms with E-state index in [1.807, 2.05) is 0 Å². The number of nitrogens with one attached hydrogen (secondary N) is 2. The molecule has 0 aromatic carbocycles. The molecule has 1 aliphatic heterocycles. The summed E-state index contributed by atoms with van der Waals surface area (Å²) >= 11 is 0. The first-order valence-electron chi connectivity index (χ1n) is 5.37. The third-order valence-corrected chi connectivity index (χ3v) is 2.52. The Morgan fingerprint density at radius 2 is 2.24 bits per heavy atom. The van der Waals surface area contributed by atoms with Gasteiger partial charge in [-0.15, -0.1) is 0 Å². The molecule has 8 heteroatoms. The Kier molecular flexibility index (Phi) is 3.89. The SMILES string of the molecule is COc1nonc1NC(=O)C[NH+]1CCOCC1. The minimum absolute atomic E-state index is 0.143. The fraction of sp³-hybridized carbons (Fsp3) is 0.667. The van der Waals surface area contributed by atoms with Gasteiger partial charge in [0.25, 0.3) is 5.91 Å². The summed E-state index contributed by atoms with van der Waals surface area (Å²) in [5.41, 5.74) is 0. The minimum atomic E-state index is -0.143. The highest BCUT2D eigenvalue weighted by molar-refractivity contribution is 5.91.